The monoisotopic (exact) mass is 313 g/mol. The molecule has 0 radical (unpaired) electrons. The Morgan fingerprint density at radius 2 is 1.91 bits per heavy atom. The number of nitrogens with zero attached hydrogens (tertiary/aromatic N) is 3. The predicted molar refractivity (Wildman–Crippen MR) is 83.7 cm³/mol. The van der Waals surface area contributed by atoms with Crippen molar-refractivity contribution in [1.29, 1.82) is 0 Å². The topological polar surface area (TPSA) is 66.7 Å². The number of piperazine rings is 1. The van der Waals surface area contributed by atoms with E-state index in [0.29, 0.717) is 44.6 Å². The third kappa shape index (κ3) is 3.77. The van der Waals surface area contributed by atoms with Gasteiger partial charge < -0.3 is 14.2 Å². The number of aryl methyl sites for hydroxylation is 1. The lowest BCUT2D eigenvalue weighted by molar-refractivity contribution is -0.132. The van der Waals surface area contributed by atoms with E-state index in [1.54, 1.807) is 23.4 Å². The molecule has 6 heteroatoms. The molecule has 2 amide bonds. The fraction of sp³-hybridized carbons (Fsp3) is 0.353. The SMILES string of the molecule is O=C(CCc1cccnc1)N1CCN(C(=O)c2ccoc2)CC1. The lowest BCUT2D eigenvalue weighted by atomic mass is 10.1. The van der Waals surface area contributed by atoms with Crippen LogP contribution in [0.25, 0.3) is 0 Å². The van der Waals surface area contributed by atoms with Gasteiger partial charge in [-0.2, -0.15) is 0 Å². The van der Waals surface area contributed by atoms with E-state index in [2.05, 4.69) is 4.98 Å². The van der Waals surface area contributed by atoms with Crippen molar-refractivity contribution < 1.29 is 14.0 Å². The Hall–Kier alpha value is -2.63. The van der Waals surface area contributed by atoms with Crippen molar-refractivity contribution in [2.45, 2.75) is 12.8 Å². The fourth-order valence-electron chi connectivity index (χ4n) is 2.68. The summed E-state index contributed by atoms with van der Waals surface area (Å²) in [5.74, 6) is 0.0884. The molecule has 0 bridgehead atoms. The smallest absolute Gasteiger partial charge is 0.257 e. The van der Waals surface area contributed by atoms with Gasteiger partial charge in [-0.25, -0.2) is 0 Å². The van der Waals surface area contributed by atoms with E-state index in [4.69, 9.17) is 4.42 Å². The molecule has 1 aliphatic rings. The summed E-state index contributed by atoms with van der Waals surface area (Å²) in [6.07, 6.45) is 7.62. The Morgan fingerprint density at radius 1 is 1.13 bits per heavy atom. The quantitative estimate of drug-likeness (QED) is 0.860. The lowest BCUT2D eigenvalue weighted by Gasteiger charge is -2.34. The molecule has 0 atom stereocenters. The molecule has 3 rings (SSSR count). The molecule has 23 heavy (non-hydrogen) atoms. The molecule has 3 heterocycles. The van der Waals surface area contributed by atoms with Crippen LogP contribution < -0.4 is 0 Å². The van der Waals surface area contributed by atoms with E-state index in [0.717, 1.165) is 5.56 Å². The normalized spacial score (nSPS) is 14.8. The third-order valence-corrected chi connectivity index (χ3v) is 4.04. The summed E-state index contributed by atoms with van der Waals surface area (Å²) in [7, 11) is 0. The lowest BCUT2D eigenvalue weighted by Crippen LogP contribution is -2.50. The van der Waals surface area contributed by atoms with Gasteiger partial charge in [0, 0.05) is 45.0 Å². The first kappa shape index (κ1) is 15.3. The summed E-state index contributed by atoms with van der Waals surface area (Å²) in [6, 6.07) is 5.51. The van der Waals surface area contributed by atoms with Crippen LogP contribution in [0.15, 0.2) is 47.5 Å². The average molecular weight is 313 g/mol. The molecule has 1 aliphatic heterocycles. The highest BCUT2D eigenvalue weighted by atomic mass is 16.3. The Balaban J connectivity index is 1.47. The minimum Gasteiger partial charge on any atom is -0.472 e. The van der Waals surface area contributed by atoms with Gasteiger partial charge in [0.15, 0.2) is 0 Å². The number of hydrogen-bond acceptors (Lipinski definition) is 4. The minimum atomic E-state index is -0.0405. The molecule has 120 valence electrons. The molecular weight excluding hydrogens is 294 g/mol. The van der Waals surface area contributed by atoms with E-state index in [1.807, 2.05) is 17.0 Å². The van der Waals surface area contributed by atoms with E-state index >= 15 is 0 Å². The highest BCUT2D eigenvalue weighted by molar-refractivity contribution is 5.94. The first-order chi connectivity index (χ1) is 11.2. The van der Waals surface area contributed by atoms with Crippen molar-refractivity contribution in [3.05, 3.63) is 54.2 Å². The van der Waals surface area contributed by atoms with Crippen LogP contribution in [-0.4, -0.2) is 52.8 Å². The molecule has 6 nitrogen and oxygen atoms in total. The zero-order valence-corrected chi connectivity index (χ0v) is 12.9. The summed E-state index contributed by atoms with van der Waals surface area (Å²) >= 11 is 0. The van der Waals surface area contributed by atoms with Gasteiger partial charge in [-0.05, 0) is 24.1 Å². The van der Waals surface area contributed by atoms with Crippen LogP contribution in [0.3, 0.4) is 0 Å². The van der Waals surface area contributed by atoms with Crippen LogP contribution >= 0.6 is 0 Å². The van der Waals surface area contributed by atoms with E-state index in [1.165, 1.54) is 12.5 Å². The largest absolute Gasteiger partial charge is 0.472 e. The van der Waals surface area contributed by atoms with Crippen molar-refractivity contribution >= 4 is 11.8 Å². The van der Waals surface area contributed by atoms with Gasteiger partial charge in [0.25, 0.3) is 5.91 Å². The molecule has 0 unspecified atom stereocenters. The second kappa shape index (κ2) is 7.09. The first-order valence-electron chi connectivity index (χ1n) is 7.72. The number of carbonyl (C=O) groups is 2. The number of furan rings is 1. The van der Waals surface area contributed by atoms with Gasteiger partial charge in [-0.1, -0.05) is 6.07 Å². The molecular formula is C17H19N3O3. The van der Waals surface area contributed by atoms with E-state index < -0.39 is 0 Å². The number of hydrogen-bond donors (Lipinski definition) is 0. The first-order valence-corrected chi connectivity index (χ1v) is 7.72. The molecule has 0 N–H and O–H groups in total. The molecule has 1 fully saturated rings. The Kier molecular flexibility index (Phi) is 4.71. The molecule has 0 aliphatic carbocycles. The van der Waals surface area contributed by atoms with Crippen LogP contribution in [0.2, 0.25) is 0 Å². The fourth-order valence-corrected chi connectivity index (χ4v) is 2.68. The molecule has 0 spiro atoms. The van der Waals surface area contributed by atoms with E-state index in [-0.39, 0.29) is 11.8 Å². The maximum absolute atomic E-state index is 12.3. The van der Waals surface area contributed by atoms with E-state index in [9.17, 15) is 9.59 Å². The van der Waals surface area contributed by atoms with Gasteiger partial charge in [0.1, 0.15) is 6.26 Å². The Bertz CT molecular complexity index is 647. The zero-order valence-electron chi connectivity index (χ0n) is 12.9. The Morgan fingerprint density at radius 3 is 2.57 bits per heavy atom. The molecule has 2 aromatic heterocycles. The van der Waals surface area contributed by atoms with Gasteiger partial charge >= 0.3 is 0 Å². The van der Waals surface area contributed by atoms with Gasteiger partial charge in [0.2, 0.25) is 5.91 Å². The molecule has 0 aromatic carbocycles. The highest BCUT2D eigenvalue weighted by Crippen LogP contribution is 2.11. The maximum atomic E-state index is 12.3. The van der Waals surface area contributed by atoms with Crippen molar-refractivity contribution in [3.8, 4) is 0 Å². The van der Waals surface area contributed by atoms with Crippen LogP contribution in [0.1, 0.15) is 22.3 Å². The third-order valence-electron chi connectivity index (χ3n) is 4.04. The molecule has 2 aromatic rings. The number of carbonyl (C=O) groups excluding carboxylic acids is 2. The zero-order chi connectivity index (χ0) is 16.1. The van der Waals surface area contributed by atoms with Gasteiger partial charge in [0.05, 0.1) is 11.8 Å². The second-order valence-corrected chi connectivity index (χ2v) is 5.55. The summed E-state index contributed by atoms with van der Waals surface area (Å²) < 4.78 is 4.94. The van der Waals surface area contributed by atoms with Gasteiger partial charge in [-0.3, -0.25) is 14.6 Å². The number of aromatic nitrogens is 1. The summed E-state index contributed by atoms with van der Waals surface area (Å²) in [4.78, 5) is 32.1. The molecule has 0 saturated carbocycles. The number of amides is 2. The number of rotatable bonds is 4. The standard InChI is InChI=1S/C17H19N3O3/c21-16(4-3-14-2-1-6-18-12-14)19-7-9-20(10-8-19)17(22)15-5-11-23-13-15/h1-2,5-6,11-13H,3-4,7-10H2. The molecule has 1 saturated heterocycles. The van der Waals surface area contributed by atoms with Crippen molar-refractivity contribution in [1.82, 2.24) is 14.8 Å². The summed E-state index contributed by atoms with van der Waals surface area (Å²) in [5.41, 5.74) is 1.62. The van der Waals surface area contributed by atoms with Crippen LogP contribution in [0.4, 0.5) is 0 Å². The average Bonchev–Trinajstić information content (AvgIpc) is 3.15. The predicted octanol–water partition coefficient (Wildman–Crippen LogP) is 1.59. The van der Waals surface area contributed by atoms with Crippen molar-refractivity contribution in [2.24, 2.45) is 0 Å². The maximum Gasteiger partial charge on any atom is 0.257 e. The highest BCUT2D eigenvalue weighted by Gasteiger charge is 2.24. The van der Waals surface area contributed by atoms with Crippen molar-refractivity contribution in [2.75, 3.05) is 26.2 Å². The van der Waals surface area contributed by atoms with Crippen LogP contribution in [-0.2, 0) is 11.2 Å². The van der Waals surface area contributed by atoms with Gasteiger partial charge in [-0.15, -0.1) is 0 Å². The summed E-state index contributed by atoms with van der Waals surface area (Å²) in [5, 5.41) is 0. The number of pyridine rings is 1. The van der Waals surface area contributed by atoms with Crippen LogP contribution in [0.5, 0.6) is 0 Å². The summed E-state index contributed by atoms with van der Waals surface area (Å²) in [6.45, 7) is 2.27. The van der Waals surface area contributed by atoms with Crippen molar-refractivity contribution in [3.63, 3.8) is 0 Å². The van der Waals surface area contributed by atoms with Crippen LogP contribution in [0, 0.1) is 0 Å². The minimum absolute atomic E-state index is 0.0405. The Labute approximate surface area is 134 Å². The second-order valence-electron chi connectivity index (χ2n) is 5.55.